The van der Waals surface area contributed by atoms with Gasteiger partial charge >= 0.3 is 6.36 Å². The average Bonchev–Trinajstić information content (AvgIpc) is 2.37. The summed E-state index contributed by atoms with van der Waals surface area (Å²) < 4.78 is 45.4. The highest BCUT2D eigenvalue weighted by Gasteiger charge is 2.31. The van der Waals surface area contributed by atoms with Crippen LogP contribution in [0.5, 0.6) is 11.5 Å². The highest BCUT2D eigenvalue weighted by molar-refractivity contribution is 5.85. The number of halogens is 4. The van der Waals surface area contributed by atoms with Gasteiger partial charge in [-0.05, 0) is 6.07 Å². The van der Waals surface area contributed by atoms with Crippen molar-refractivity contribution in [1.29, 1.82) is 0 Å². The molecule has 114 valence electrons. The molecule has 0 saturated carbocycles. The van der Waals surface area contributed by atoms with Gasteiger partial charge in [-0.15, -0.1) is 25.6 Å². The van der Waals surface area contributed by atoms with Crippen molar-refractivity contribution in [1.82, 2.24) is 10.6 Å². The molecule has 1 fully saturated rings. The topological polar surface area (TPSA) is 42.5 Å². The smallest absolute Gasteiger partial charge is 0.496 e. The van der Waals surface area contributed by atoms with E-state index in [1.165, 1.54) is 19.2 Å². The minimum atomic E-state index is -4.70. The Morgan fingerprint density at radius 2 is 2.00 bits per heavy atom. The van der Waals surface area contributed by atoms with E-state index in [0.717, 1.165) is 18.7 Å². The van der Waals surface area contributed by atoms with Gasteiger partial charge < -0.3 is 20.1 Å². The maximum atomic E-state index is 12.1. The summed E-state index contributed by atoms with van der Waals surface area (Å²) in [5.74, 6) is 0.0971. The van der Waals surface area contributed by atoms with Crippen molar-refractivity contribution in [2.75, 3.05) is 26.7 Å². The molecule has 20 heavy (non-hydrogen) atoms. The van der Waals surface area contributed by atoms with Crippen LogP contribution in [0.4, 0.5) is 13.2 Å². The van der Waals surface area contributed by atoms with Gasteiger partial charge in [-0.3, -0.25) is 0 Å². The van der Waals surface area contributed by atoms with Gasteiger partial charge in [0, 0.05) is 37.3 Å². The van der Waals surface area contributed by atoms with Gasteiger partial charge in [-0.1, -0.05) is 6.07 Å². The van der Waals surface area contributed by atoms with E-state index in [0.29, 0.717) is 12.3 Å². The molecule has 0 radical (unpaired) electrons. The van der Waals surface area contributed by atoms with Crippen LogP contribution in [0.25, 0.3) is 0 Å². The lowest BCUT2D eigenvalue weighted by molar-refractivity contribution is -0.274. The molecule has 8 heteroatoms. The van der Waals surface area contributed by atoms with Crippen LogP contribution in [0.3, 0.4) is 0 Å². The van der Waals surface area contributed by atoms with Crippen LogP contribution in [-0.2, 0) is 0 Å². The van der Waals surface area contributed by atoms with Crippen molar-refractivity contribution in [2.45, 2.75) is 12.4 Å². The number of rotatable bonds is 3. The number of nitrogens with one attached hydrogen (secondary N) is 2. The third-order valence-corrected chi connectivity index (χ3v) is 2.85. The molecule has 1 aliphatic heterocycles. The molecule has 0 aromatic heterocycles. The monoisotopic (exact) mass is 312 g/mol. The van der Waals surface area contributed by atoms with Crippen molar-refractivity contribution in [2.24, 2.45) is 0 Å². The number of hydrogen-bond donors (Lipinski definition) is 2. The lowest BCUT2D eigenvalue weighted by atomic mass is 10.0. The molecule has 4 nitrogen and oxygen atoms in total. The Morgan fingerprint density at radius 3 is 2.55 bits per heavy atom. The summed E-state index contributed by atoms with van der Waals surface area (Å²) in [7, 11) is 1.42. The third-order valence-electron chi connectivity index (χ3n) is 2.85. The van der Waals surface area contributed by atoms with E-state index in [9.17, 15) is 13.2 Å². The molecule has 1 aromatic rings. The molecule has 1 saturated heterocycles. The molecule has 1 heterocycles. The molecular formula is C12H16ClF3N2O2. The van der Waals surface area contributed by atoms with Crippen LogP contribution < -0.4 is 20.1 Å². The van der Waals surface area contributed by atoms with Gasteiger partial charge in [-0.2, -0.15) is 0 Å². The summed E-state index contributed by atoms with van der Waals surface area (Å²) in [6, 6.07) is 4.15. The normalized spacial score (nSPS) is 19.1. The Bertz CT molecular complexity index is 437. The van der Waals surface area contributed by atoms with E-state index in [2.05, 4.69) is 15.4 Å². The van der Waals surface area contributed by atoms with Gasteiger partial charge in [0.05, 0.1) is 7.11 Å². The first-order chi connectivity index (χ1) is 8.99. The second-order valence-electron chi connectivity index (χ2n) is 4.16. The fourth-order valence-corrected chi connectivity index (χ4v) is 2.05. The third kappa shape index (κ3) is 4.43. The molecule has 2 N–H and O–H groups in total. The van der Waals surface area contributed by atoms with E-state index < -0.39 is 6.36 Å². The summed E-state index contributed by atoms with van der Waals surface area (Å²) in [4.78, 5) is 0. The van der Waals surface area contributed by atoms with Crippen LogP contribution in [0.15, 0.2) is 18.2 Å². The van der Waals surface area contributed by atoms with Gasteiger partial charge in [0.2, 0.25) is 0 Å². The fourth-order valence-electron chi connectivity index (χ4n) is 2.05. The number of hydrogen-bond acceptors (Lipinski definition) is 4. The van der Waals surface area contributed by atoms with Crippen LogP contribution in [0, 0.1) is 0 Å². The number of benzene rings is 1. The summed E-state index contributed by atoms with van der Waals surface area (Å²) in [6.45, 7) is 2.37. The van der Waals surface area contributed by atoms with E-state index in [1.54, 1.807) is 6.07 Å². The van der Waals surface area contributed by atoms with Crippen molar-refractivity contribution < 1.29 is 22.6 Å². The molecule has 1 atom stereocenters. The summed E-state index contributed by atoms with van der Waals surface area (Å²) >= 11 is 0. The second-order valence-corrected chi connectivity index (χ2v) is 4.16. The Labute approximate surface area is 121 Å². The van der Waals surface area contributed by atoms with Crippen molar-refractivity contribution in [3.63, 3.8) is 0 Å². The average molecular weight is 313 g/mol. The van der Waals surface area contributed by atoms with E-state index in [1.807, 2.05) is 0 Å². The zero-order valence-electron chi connectivity index (χ0n) is 10.8. The highest BCUT2D eigenvalue weighted by Crippen LogP contribution is 2.32. The Kier molecular flexibility index (Phi) is 5.91. The first-order valence-electron chi connectivity index (χ1n) is 5.87. The summed E-state index contributed by atoms with van der Waals surface area (Å²) in [6.07, 6.45) is -4.70. The number of methoxy groups -OCH3 is 1. The second kappa shape index (κ2) is 7.01. The summed E-state index contributed by atoms with van der Waals surface area (Å²) in [5.41, 5.74) is 0.809. The molecule has 0 spiro atoms. The molecule has 1 aliphatic rings. The summed E-state index contributed by atoms with van der Waals surface area (Å²) in [5, 5.41) is 6.48. The molecule has 0 unspecified atom stereocenters. The van der Waals surface area contributed by atoms with Gasteiger partial charge in [-0.25, -0.2) is 0 Å². The Balaban J connectivity index is 0.00000200. The van der Waals surface area contributed by atoms with Crippen LogP contribution in [-0.4, -0.2) is 33.1 Å². The number of piperazine rings is 1. The minimum absolute atomic E-state index is 0. The quantitative estimate of drug-likeness (QED) is 0.898. The lowest BCUT2D eigenvalue weighted by Crippen LogP contribution is -2.42. The fraction of sp³-hybridized carbons (Fsp3) is 0.500. The zero-order valence-corrected chi connectivity index (χ0v) is 11.6. The minimum Gasteiger partial charge on any atom is -0.496 e. The van der Waals surface area contributed by atoms with E-state index >= 15 is 0 Å². The van der Waals surface area contributed by atoms with Crippen molar-refractivity contribution in [3.8, 4) is 11.5 Å². The Morgan fingerprint density at radius 1 is 1.25 bits per heavy atom. The molecule has 0 bridgehead atoms. The lowest BCUT2D eigenvalue weighted by Gasteiger charge is -2.26. The van der Waals surface area contributed by atoms with Gasteiger partial charge in [0.15, 0.2) is 0 Å². The predicted molar refractivity (Wildman–Crippen MR) is 70.5 cm³/mol. The SMILES string of the molecule is COc1cc(OC(F)(F)F)ccc1[C@H]1CNCCN1.Cl. The van der Waals surface area contributed by atoms with Crippen molar-refractivity contribution in [3.05, 3.63) is 23.8 Å². The first-order valence-corrected chi connectivity index (χ1v) is 5.87. The maximum absolute atomic E-state index is 12.1. The number of alkyl halides is 3. The van der Waals surface area contributed by atoms with Crippen molar-refractivity contribution >= 4 is 12.4 Å². The zero-order chi connectivity index (χ0) is 13.9. The number of ether oxygens (including phenoxy) is 2. The molecule has 2 rings (SSSR count). The van der Waals surface area contributed by atoms with E-state index in [-0.39, 0.29) is 24.2 Å². The van der Waals surface area contributed by atoms with Gasteiger partial charge in [0.25, 0.3) is 0 Å². The van der Waals surface area contributed by atoms with Crippen LogP contribution >= 0.6 is 12.4 Å². The molecule has 0 aliphatic carbocycles. The van der Waals surface area contributed by atoms with E-state index in [4.69, 9.17) is 4.74 Å². The first kappa shape index (κ1) is 16.9. The maximum Gasteiger partial charge on any atom is 0.573 e. The molecule has 1 aromatic carbocycles. The predicted octanol–water partition coefficient (Wildman–Crippen LogP) is 2.25. The largest absolute Gasteiger partial charge is 0.573 e. The standard InChI is InChI=1S/C12H15F3N2O2.ClH/c1-18-11-6-8(19-12(13,14)15)2-3-9(11)10-7-16-4-5-17-10;/h2-3,6,10,16-17H,4-5,7H2,1H3;1H/t10-;/m1./s1. The van der Waals surface area contributed by atoms with Crippen LogP contribution in [0.2, 0.25) is 0 Å². The highest BCUT2D eigenvalue weighted by atomic mass is 35.5. The van der Waals surface area contributed by atoms with Gasteiger partial charge in [0.1, 0.15) is 11.5 Å². The Hall–Kier alpha value is -1.18. The molecular weight excluding hydrogens is 297 g/mol. The molecule has 0 amide bonds. The van der Waals surface area contributed by atoms with Crippen LogP contribution in [0.1, 0.15) is 11.6 Å².